The first-order valence-electron chi connectivity index (χ1n) is 9.76. The Labute approximate surface area is 174 Å². The highest BCUT2D eigenvalue weighted by molar-refractivity contribution is 5.99. The Morgan fingerprint density at radius 3 is 2.68 bits per heavy atom. The van der Waals surface area contributed by atoms with Crippen molar-refractivity contribution in [3.8, 4) is 17.5 Å². The van der Waals surface area contributed by atoms with E-state index in [4.69, 9.17) is 9.15 Å². The number of nitrogens with zero attached hydrogens (tertiary/aromatic N) is 4. The number of fused-ring (bicyclic) bond motifs is 2. The van der Waals surface area contributed by atoms with Crippen LogP contribution in [0, 0.1) is 5.92 Å². The summed E-state index contributed by atoms with van der Waals surface area (Å²) in [7, 11) is 0. The van der Waals surface area contributed by atoms with Crippen molar-refractivity contribution in [3.63, 3.8) is 0 Å². The number of ether oxygens (including phenoxy) is 1. The average molecular weight is 430 g/mol. The van der Waals surface area contributed by atoms with E-state index in [1.54, 1.807) is 23.2 Å². The number of piperidine rings is 1. The topological polar surface area (TPSA) is 81.4 Å². The van der Waals surface area contributed by atoms with Gasteiger partial charge in [-0.15, -0.1) is 0 Å². The molecule has 3 atom stereocenters. The second-order valence-corrected chi connectivity index (χ2v) is 7.64. The van der Waals surface area contributed by atoms with Crippen LogP contribution in [0.3, 0.4) is 0 Å². The predicted octanol–water partition coefficient (Wildman–Crippen LogP) is 3.83. The van der Waals surface area contributed by atoms with E-state index >= 15 is 0 Å². The molecule has 160 valence electrons. The first-order valence-corrected chi connectivity index (χ1v) is 9.76. The van der Waals surface area contributed by atoms with E-state index in [1.807, 2.05) is 0 Å². The number of carbonyl (C=O) groups excluding carboxylic acids is 1. The standard InChI is InChI=1S/C21H17F3N4O3/c22-21(23,24)13-3-4-17(27-10-13)31-16-9-12-8-15(16)28(11-12)20(29)14-2-1-5-25-18(14)19-26-6-7-30-19/h1-7,10,12,15-16H,8-9,11H2/t12-,15+,16-/m1/s1. The van der Waals surface area contributed by atoms with Gasteiger partial charge in [-0.3, -0.25) is 9.78 Å². The van der Waals surface area contributed by atoms with Crippen LogP contribution >= 0.6 is 0 Å². The molecule has 3 aromatic rings. The van der Waals surface area contributed by atoms with E-state index in [0.29, 0.717) is 17.8 Å². The number of aromatic nitrogens is 3. The van der Waals surface area contributed by atoms with Crippen molar-refractivity contribution in [2.45, 2.75) is 31.2 Å². The smallest absolute Gasteiger partial charge is 0.417 e. The summed E-state index contributed by atoms with van der Waals surface area (Å²) in [6.45, 7) is 0.587. The molecule has 0 radical (unpaired) electrons. The number of hydrogen-bond donors (Lipinski definition) is 0. The molecule has 10 heteroatoms. The van der Waals surface area contributed by atoms with Crippen LogP contribution in [-0.4, -0.2) is 44.4 Å². The molecule has 3 aromatic heterocycles. The highest BCUT2D eigenvalue weighted by atomic mass is 19.4. The van der Waals surface area contributed by atoms with Gasteiger partial charge in [-0.2, -0.15) is 13.2 Å². The van der Waals surface area contributed by atoms with E-state index in [9.17, 15) is 18.0 Å². The number of halogens is 3. The van der Waals surface area contributed by atoms with Crippen LogP contribution in [0.2, 0.25) is 0 Å². The average Bonchev–Trinajstić information content (AvgIpc) is 3.50. The number of rotatable bonds is 4. The summed E-state index contributed by atoms with van der Waals surface area (Å²) in [5.74, 6) is 0.424. The SMILES string of the molecule is O=C(c1cccnc1-c1ncco1)N1C[C@H]2C[C@@H](Oc3ccc(C(F)(F)F)cn3)[C@@H]1C2. The Hall–Kier alpha value is -3.43. The van der Waals surface area contributed by atoms with Crippen LogP contribution in [-0.2, 0) is 6.18 Å². The number of pyridine rings is 2. The molecule has 7 nitrogen and oxygen atoms in total. The fraction of sp³-hybridized carbons (Fsp3) is 0.333. The Bertz CT molecular complexity index is 1090. The molecule has 1 saturated carbocycles. The largest absolute Gasteiger partial charge is 0.472 e. The molecule has 1 saturated heterocycles. The van der Waals surface area contributed by atoms with Crippen LogP contribution in [0.4, 0.5) is 13.2 Å². The van der Waals surface area contributed by atoms with Crippen molar-refractivity contribution in [1.82, 2.24) is 19.9 Å². The first-order chi connectivity index (χ1) is 14.9. The summed E-state index contributed by atoms with van der Waals surface area (Å²) < 4.78 is 49.4. The monoisotopic (exact) mass is 430 g/mol. The Balaban J connectivity index is 1.35. The molecule has 2 bridgehead atoms. The number of hydrogen-bond acceptors (Lipinski definition) is 6. The minimum atomic E-state index is -4.45. The maximum Gasteiger partial charge on any atom is 0.417 e. The quantitative estimate of drug-likeness (QED) is 0.626. The van der Waals surface area contributed by atoms with Crippen molar-refractivity contribution in [3.05, 3.63) is 60.2 Å². The zero-order valence-electron chi connectivity index (χ0n) is 16.1. The highest BCUT2D eigenvalue weighted by Crippen LogP contribution is 2.41. The minimum Gasteiger partial charge on any atom is -0.472 e. The Morgan fingerprint density at radius 2 is 2.00 bits per heavy atom. The lowest BCUT2D eigenvalue weighted by molar-refractivity contribution is -0.137. The van der Waals surface area contributed by atoms with E-state index in [2.05, 4.69) is 15.0 Å². The van der Waals surface area contributed by atoms with Crippen molar-refractivity contribution < 1.29 is 27.1 Å². The first kappa shape index (κ1) is 19.5. The number of oxazole rings is 1. The normalized spacial score (nSPS) is 22.7. The third kappa shape index (κ3) is 3.62. The molecule has 0 aromatic carbocycles. The third-order valence-electron chi connectivity index (χ3n) is 5.69. The molecule has 1 amide bonds. The molecular weight excluding hydrogens is 413 g/mol. The molecule has 31 heavy (non-hydrogen) atoms. The van der Waals surface area contributed by atoms with Crippen LogP contribution in [0.1, 0.15) is 28.8 Å². The summed E-state index contributed by atoms with van der Waals surface area (Å²) in [5, 5.41) is 0. The fourth-order valence-corrected chi connectivity index (χ4v) is 4.34. The molecule has 0 spiro atoms. The molecule has 1 aliphatic carbocycles. The van der Waals surface area contributed by atoms with Gasteiger partial charge in [0.15, 0.2) is 0 Å². The highest BCUT2D eigenvalue weighted by Gasteiger charge is 2.49. The fourth-order valence-electron chi connectivity index (χ4n) is 4.34. The van der Waals surface area contributed by atoms with Gasteiger partial charge in [0.05, 0.1) is 23.4 Å². The number of likely N-dealkylation sites (tertiary alicyclic amines) is 1. The minimum absolute atomic E-state index is 0.111. The third-order valence-corrected chi connectivity index (χ3v) is 5.69. The molecule has 2 aliphatic rings. The zero-order valence-corrected chi connectivity index (χ0v) is 16.1. The summed E-state index contributed by atoms with van der Waals surface area (Å²) in [4.78, 5) is 27.2. The van der Waals surface area contributed by atoms with Gasteiger partial charge in [0.2, 0.25) is 11.8 Å². The second-order valence-electron chi connectivity index (χ2n) is 7.64. The van der Waals surface area contributed by atoms with Crippen LogP contribution in [0.5, 0.6) is 5.88 Å². The molecule has 4 heterocycles. The summed E-state index contributed by atoms with van der Waals surface area (Å²) in [6.07, 6.45) is 1.91. The van der Waals surface area contributed by atoms with Gasteiger partial charge >= 0.3 is 6.18 Å². The number of carbonyl (C=O) groups is 1. The number of amides is 1. The van der Waals surface area contributed by atoms with Crippen molar-refractivity contribution in [2.24, 2.45) is 5.92 Å². The molecule has 5 rings (SSSR count). The van der Waals surface area contributed by atoms with Crippen LogP contribution in [0.25, 0.3) is 11.6 Å². The van der Waals surface area contributed by atoms with Gasteiger partial charge in [0, 0.05) is 25.0 Å². The maximum absolute atomic E-state index is 13.3. The van der Waals surface area contributed by atoms with Gasteiger partial charge in [0.1, 0.15) is 18.1 Å². The van der Waals surface area contributed by atoms with Gasteiger partial charge in [0.25, 0.3) is 5.91 Å². The lowest BCUT2D eigenvalue weighted by Gasteiger charge is -2.33. The molecule has 1 aliphatic heterocycles. The van der Waals surface area contributed by atoms with Crippen LogP contribution in [0.15, 0.2) is 53.5 Å². The lowest BCUT2D eigenvalue weighted by Crippen LogP contribution is -2.47. The van der Waals surface area contributed by atoms with E-state index < -0.39 is 11.7 Å². The lowest BCUT2D eigenvalue weighted by atomic mass is 10.1. The summed E-state index contributed by atoms with van der Waals surface area (Å²) in [5.41, 5.74) is -0.0914. The molecule has 2 fully saturated rings. The Morgan fingerprint density at radius 1 is 1.13 bits per heavy atom. The summed E-state index contributed by atoms with van der Waals surface area (Å²) in [6, 6.07) is 5.31. The van der Waals surface area contributed by atoms with Crippen molar-refractivity contribution >= 4 is 5.91 Å². The molecule has 0 N–H and O–H groups in total. The van der Waals surface area contributed by atoms with Gasteiger partial charge in [-0.05, 0) is 37.0 Å². The van der Waals surface area contributed by atoms with E-state index in [0.717, 1.165) is 25.1 Å². The van der Waals surface area contributed by atoms with E-state index in [1.165, 1.54) is 18.5 Å². The predicted molar refractivity (Wildman–Crippen MR) is 101 cm³/mol. The molecule has 0 unspecified atom stereocenters. The number of alkyl halides is 3. The second kappa shape index (κ2) is 7.36. The molecular formula is C21H17F3N4O3. The van der Waals surface area contributed by atoms with E-state index in [-0.39, 0.29) is 35.7 Å². The van der Waals surface area contributed by atoms with Crippen LogP contribution < -0.4 is 4.74 Å². The zero-order chi connectivity index (χ0) is 21.6. The maximum atomic E-state index is 13.3. The van der Waals surface area contributed by atoms with Gasteiger partial charge in [-0.1, -0.05) is 0 Å². The Kier molecular flexibility index (Phi) is 4.64. The van der Waals surface area contributed by atoms with Crippen molar-refractivity contribution in [2.75, 3.05) is 6.54 Å². The van der Waals surface area contributed by atoms with Gasteiger partial charge in [-0.25, -0.2) is 9.97 Å². The summed E-state index contributed by atoms with van der Waals surface area (Å²) >= 11 is 0. The van der Waals surface area contributed by atoms with Gasteiger partial charge < -0.3 is 14.1 Å². The van der Waals surface area contributed by atoms with Crippen molar-refractivity contribution in [1.29, 1.82) is 0 Å².